The van der Waals surface area contributed by atoms with Gasteiger partial charge in [0.1, 0.15) is 5.82 Å². The van der Waals surface area contributed by atoms with Crippen molar-refractivity contribution in [2.45, 2.75) is 12.0 Å². The van der Waals surface area contributed by atoms with Crippen LogP contribution in [0.2, 0.25) is 5.02 Å². The van der Waals surface area contributed by atoms with Crippen LogP contribution in [0, 0.1) is 5.82 Å². The molecule has 3 rings (SSSR count). The highest BCUT2D eigenvalue weighted by atomic mass is 35.5. The van der Waals surface area contributed by atoms with Gasteiger partial charge in [0.15, 0.2) is 5.60 Å². The van der Waals surface area contributed by atoms with Crippen LogP contribution in [0.3, 0.4) is 0 Å². The molecule has 0 amide bonds. The number of hydrogen-bond acceptors (Lipinski definition) is 1. The van der Waals surface area contributed by atoms with Crippen LogP contribution in [-0.4, -0.2) is 11.5 Å². The second-order valence-electron chi connectivity index (χ2n) is 4.42. The van der Waals surface area contributed by atoms with Crippen LogP contribution in [0.25, 0.3) is 11.1 Å². The summed E-state index contributed by atoms with van der Waals surface area (Å²) >= 11 is 5.94. The van der Waals surface area contributed by atoms with Crippen LogP contribution < -0.4 is 0 Å². The second-order valence-corrected chi connectivity index (χ2v) is 4.83. The molecule has 2 aromatic carbocycles. The van der Waals surface area contributed by atoms with Gasteiger partial charge in [0, 0.05) is 16.7 Å². The average Bonchev–Trinajstić information content (AvgIpc) is 2.61. The Morgan fingerprint density at radius 2 is 1.79 bits per heavy atom. The van der Waals surface area contributed by atoms with E-state index in [1.54, 1.807) is 18.2 Å². The highest BCUT2D eigenvalue weighted by molar-refractivity contribution is 6.33. The molecule has 1 aliphatic carbocycles. The third-order valence-electron chi connectivity index (χ3n) is 3.39. The first-order chi connectivity index (χ1) is 8.96. The Balaban J connectivity index is 2.44. The molecule has 1 atom stereocenters. The van der Waals surface area contributed by atoms with Crippen molar-refractivity contribution in [3.63, 3.8) is 0 Å². The number of hydrogen-bond donors (Lipinski definition) is 1. The van der Waals surface area contributed by atoms with Crippen LogP contribution in [0.15, 0.2) is 36.4 Å². The molecule has 0 bridgehead atoms. The highest BCUT2D eigenvalue weighted by Crippen LogP contribution is 2.52. The van der Waals surface area contributed by atoms with Gasteiger partial charge in [0.2, 0.25) is 0 Å². The molecule has 0 unspecified atom stereocenters. The molecule has 98 valence electrons. The second kappa shape index (κ2) is 3.99. The highest BCUT2D eigenvalue weighted by Gasteiger charge is 2.49. The van der Waals surface area contributed by atoms with Crippen LogP contribution in [0.5, 0.6) is 0 Å². The predicted octanol–water partition coefficient (Wildman–Crippen LogP) is 3.96. The molecule has 0 spiro atoms. The Bertz CT molecular complexity index is 672. The Hall–Kier alpha value is -1.52. The lowest BCUT2D eigenvalue weighted by molar-refractivity contribution is -0.0689. The van der Waals surface area contributed by atoms with E-state index in [0.717, 1.165) is 12.1 Å². The van der Waals surface area contributed by atoms with Crippen LogP contribution >= 0.6 is 11.6 Å². The maximum absolute atomic E-state index is 13.4. The van der Waals surface area contributed by atoms with E-state index in [2.05, 4.69) is 0 Å². The molecule has 0 aromatic heterocycles. The minimum atomic E-state index is -3.08. The van der Waals surface area contributed by atoms with E-state index in [4.69, 9.17) is 11.6 Å². The Kier molecular flexibility index (Phi) is 2.62. The van der Waals surface area contributed by atoms with Gasteiger partial charge in [-0.25, -0.2) is 13.2 Å². The van der Waals surface area contributed by atoms with Gasteiger partial charge in [0.25, 0.3) is 6.43 Å². The summed E-state index contributed by atoms with van der Waals surface area (Å²) in [6.07, 6.45) is -3.08. The first-order valence-corrected chi connectivity index (χ1v) is 5.94. The largest absolute Gasteiger partial charge is 0.375 e. The van der Waals surface area contributed by atoms with Crippen LogP contribution in [-0.2, 0) is 5.60 Å². The minimum Gasteiger partial charge on any atom is -0.375 e. The molecular formula is C14H8ClF3O. The van der Waals surface area contributed by atoms with Crippen molar-refractivity contribution in [3.8, 4) is 11.1 Å². The lowest BCUT2D eigenvalue weighted by Crippen LogP contribution is -2.33. The molecule has 5 heteroatoms. The summed E-state index contributed by atoms with van der Waals surface area (Å²) in [5, 5.41) is 10.4. The molecule has 1 nitrogen and oxygen atoms in total. The summed E-state index contributed by atoms with van der Waals surface area (Å²) in [4.78, 5) is 0. The van der Waals surface area contributed by atoms with Gasteiger partial charge in [-0.3, -0.25) is 0 Å². The van der Waals surface area contributed by atoms with E-state index in [1.807, 2.05) is 0 Å². The average molecular weight is 285 g/mol. The van der Waals surface area contributed by atoms with E-state index in [1.165, 1.54) is 6.07 Å². The van der Waals surface area contributed by atoms with E-state index >= 15 is 0 Å². The maximum Gasteiger partial charge on any atom is 0.275 e. The van der Waals surface area contributed by atoms with Gasteiger partial charge in [0.05, 0.1) is 5.02 Å². The van der Waals surface area contributed by atoms with Crippen molar-refractivity contribution in [1.82, 2.24) is 0 Å². The minimum absolute atomic E-state index is 0.0130. The van der Waals surface area contributed by atoms with E-state index in [0.29, 0.717) is 5.56 Å². The lowest BCUT2D eigenvalue weighted by Gasteiger charge is -2.24. The third kappa shape index (κ3) is 1.53. The number of fused-ring (bicyclic) bond motifs is 3. The van der Waals surface area contributed by atoms with Gasteiger partial charge < -0.3 is 5.11 Å². The van der Waals surface area contributed by atoms with Crippen molar-refractivity contribution >= 4 is 11.6 Å². The Labute approximate surface area is 112 Å². The molecule has 0 saturated carbocycles. The smallest absolute Gasteiger partial charge is 0.275 e. The fourth-order valence-corrected chi connectivity index (χ4v) is 2.87. The first-order valence-electron chi connectivity index (χ1n) is 5.56. The topological polar surface area (TPSA) is 20.2 Å². The Morgan fingerprint density at radius 1 is 1.11 bits per heavy atom. The summed E-state index contributed by atoms with van der Waals surface area (Å²) in [7, 11) is 0. The number of aliphatic hydroxyl groups is 1. The van der Waals surface area contributed by atoms with Gasteiger partial charge in [-0.1, -0.05) is 35.9 Å². The number of halogens is 4. The van der Waals surface area contributed by atoms with Crippen LogP contribution in [0.1, 0.15) is 11.1 Å². The lowest BCUT2D eigenvalue weighted by atomic mass is 9.92. The van der Waals surface area contributed by atoms with Crippen LogP contribution in [0.4, 0.5) is 13.2 Å². The van der Waals surface area contributed by atoms with E-state index in [-0.39, 0.29) is 21.7 Å². The summed E-state index contributed by atoms with van der Waals surface area (Å²) in [6, 6.07) is 8.14. The molecule has 1 N–H and O–H groups in total. The molecule has 0 heterocycles. The standard InChI is InChI=1S/C14H8ClF3O/c15-11-6-7(16)5-10-12(11)8-3-1-2-4-9(8)14(10,19)13(17)18/h1-6,13,19H/t14-/m1/s1. The van der Waals surface area contributed by atoms with Gasteiger partial charge in [-0.15, -0.1) is 0 Å². The maximum atomic E-state index is 13.4. The SMILES string of the molecule is O[C@]1(C(F)F)c2ccccc2-c2c(Cl)cc(F)cc21. The summed E-state index contributed by atoms with van der Waals surface area (Å²) in [6.45, 7) is 0. The zero-order valence-electron chi connectivity index (χ0n) is 9.50. The van der Waals surface area contributed by atoms with Crippen molar-refractivity contribution in [2.24, 2.45) is 0 Å². The van der Waals surface area contributed by atoms with E-state index in [9.17, 15) is 18.3 Å². The van der Waals surface area contributed by atoms with Crippen molar-refractivity contribution in [1.29, 1.82) is 0 Å². The van der Waals surface area contributed by atoms with Gasteiger partial charge in [-0.2, -0.15) is 0 Å². The summed E-state index contributed by atoms with van der Waals surface area (Å²) in [5.41, 5.74) is -1.98. The van der Waals surface area contributed by atoms with Crippen molar-refractivity contribution in [3.05, 3.63) is 58.4 Å². The zero-order chi connectivity index (χ0) is 13.8. The van der Waals surface area contributed by atoms with Gasteiger partial charge >= 0.3 is 0 Å². The normalized spacial score (nSPS) is 20.5. The molecule has 1 aliphatic rings. The van der Waals surface area contributed by atoms with Crippen molar-refractivity contribution in [2.75, 3.05) is 0 Å². The zero-order valence-corrected chi connectivity index (χ0v) is 10.3. The fraction of sp³-hybridized carbons (Fsp3) is 0.143. The van der Waals surface area contributed by atoms with Gasteiger partial charge in [-0.05, 0) is 17.7 Å². The van der Waals surface area contributed by atoms with Crippen molar-refractivity contribution < 1.29 is 18.3 Å². The molecular weight excluding hydrogens is 277 g/mol. The quantitative estimate of drug-likeness (QED) is 0.840. The molecule has 0 fully saturated rings. The molecule has 0 radical (unpaired) electrons. The molecule has 2 aromatic rings. The molecule has 0 aliphatic heterocycles. The molecule has 0 saturated heterocycles. The summed E-state index contributed by atoms with van der Waals surface area (Å²) < 4.78 is 40.1. The number of rotatable bonds is 1. The Morgan fingerprint density at radius 3 is 2.47 bits per heavy atom. The summed E-state index contributed by atoms with van der Waals surface area (Å²) in [5.74, 6) is -0.754. The third-order valence-corrected chi connectivity index (χ3v) is 3.69. The predicted molar refractivity (Wildman–Crippen MR) is 65.8 cm³/mol. The fourth-order valence-electron chi connectivity index (χ4n) is 2.56. The first kappa shape index (κ1) is 12.5. The monoisotopic (exact) mass is 284 g/mol. The molecule has 19 heavy (non-hydrogen) atoms. The number of benzene rings is 2. The van der Waals surface area contributed by atoms with E-state index < -0.39 is 17.8 Å². The number of alkyl halides is 2.